The van der Waals surface area contributed by atoms with Crippen molar-refractivity contribution >= 4 is 41.4 Å². The van der Waals surface area contributed by atoms with Crippen molar-refractivity contribution in [2.24, 2.45) is 0 Å². The first-order chi connectivity index (χ1) is 24.3. The Labute approximate surface area is 300 Å². The van der Waals surface area contributed by atoms with E-state index >= 15 is 0 Å². The molecule has 2 rings (SSSR count). The van der Waals surface area contributed by atoms with Crippen LogP contribution in [-0.4, -0.2) is 76.8 Å². The molecule has 0 bridgehead atoms. The summed E-state index contributed by atoms with van der Waals surface area (Å²) in [5.74, 6) is -2.61. The molecule has 3 N–H and O–H groups in total. The van der Waals surface area contributed by atoms with Crippen molar-refractivity contribution in [1.29, 1.82) is 0 Å². The molecule has 11 heteroatoms. The zero-order valence-corrected chi connectivity index (χ0v) is 29.9. The third kappa shape index (κ3) is 16.6. The summed E-state index contributed by atoms with van der Waals surface area (Å²) < 4.78 is 4.78. The highest BCUT2D eigenvalue weighted by molar-refractivity contribution is 8.00. The van der Waals surface area contributed by atoms with Crippen molar-refractivity contribution < 1.29 is 33.8 Å². The molecule has 1 saturated heterocycles. The quantitative estimate of drug-likeness (QED) is 0.0703. The molecule has 1 aromatic rings. The van der Waals surface area contributed by atoms with E-state index < -0.39 is 29.1 Å². The number of phenolic OH excluding ortho intramolecular Hbond substituents is 1. The normalized spacial score (nSPS) is 15.9. The highest BCUT2D eigenvalue weighted by Gasteiger charge is 2.39. The fraction of sp³-hybridized carbons (Fsp3) is 0.410. The summed E-state index contributed by atoms with van der Waals surface area (Å²) >= 11 is 1.06. The van der Waals surface area contributed by atoms with Gasteiger partial charge in [-0.25, -0.2) is 4.79 Å². The van der Waals surface area contributed by atoms with E-state index in [-0.39, 0.29) is 48.4 Å². The Morgan fingerprint density at radius 1 is 0.900 bits per heavy atom. The van der Waals surface area contributed by atoms with Crippen LogP contribution in [0.5, 0.6) is 5.75 Å². The average molecular weight is 706 g/mol. The number of likely N-dealkylation sites (tertiary alicyclic amines) is 1. The topological polar surface area (TPSA) is 142 Å². The summed E-state index contributed by atoms with van der Waals surface area (Å²) in [7, 11) is 1.18. The van der Waals surface area contributed by atoms with Gasteiger partial charge in [-0.3, -0.25) is 24.1 Å². The Morgan fingerprint density at radius 3 is 2.02 bits per heavy atom. The zero-order valence-electron chi connectivity index (χ0n) is 29.1. The molecule has 50 heavy (non-hydrogen) atoms. The smallest absolute Gasteiger partial charge is 0.329 e. The molecule has 1 heterocycles. The monoisotopic (exact) mass is 705 g/mol. The van der Waals surface area contributed by atoms with Gasteiger partial charge in [0.05, 0.1) is 17.9 Å². The van der Waals surface area contributed by atoms with Crippen molar-refractivity contribution in [2.45, 2.75) is 76.0 Å². The second-order valence-electron chi connectivity index (χ2n) is 11.3. The first-order valence-corrected chi connectivity index (χ1v) is 18.1. The van der Waals surface area contributed by atoms with E-state index in [0.29, 0.717) is 12.8 Å². The molecule has 4 amide bonds. The molecule has 270 valence electrons. The number of imide groups is 1. The third-order valence-corrected chi connectivity index (χ3v) is 8.69. The minimum absolute atomic E-state index is 0.0101. The van der Waals surface area contributed by atoms with Gasteiger partial charge in [0.1, 0.15) is 11.8 Å². The number of amides is 4. The number of nitrogens with one attached hydrogen (secondary N) is 2. The van der Waals surface area contributed by atoms with Crippen LogP contribution in [0.1, 0.15) is 75.1 Å². The van der Waals surface area contributed by atoms with Gasteiger partial charge in [-0.05, 0) is 57.1 Å². The second kappa shape index (κ2) is 25.3. The molecule has 10 nitrogen and oxygen atoms in total. The fourth-order valence-electron chi connectivity index (χ4n) is 4.69. The van der Waals surface area contributed by atoms with Crippen LogP contribution < -0.4 is 10.6 Å². The average Bonchev–Trinajstić information content (AvgIpc) is 3.38. The predicted molar refractivity (Wildman–Crippen MR) is 199 cm³/mol. The van der Waals surface area contributed by atoms with E-state index in [2.05, 4.69) is 78.3 Å². The molecule has 1 aliphatic rings. The first kappa shape index (κ1) is 41.5. The number of methoxy groups -OCH3 is 1. The number of nitrogens with zero attached hydrogens (tertiary/aromatic N) is 1. The molecule has 0 radical (unpaired) electrons. The number of hydrogen-bond acceptors (Lipinski definition) is 8. The number of phenols is 1. The van der Waals surface area contributed by atoms with Gasteiger partial charge in [0.25, 0.3) is 5.91 Å². The van der Waals surface area contributed by atoms with Gasteiger partial charge in [-0.1, -0.05) is 92.0 Å². The van der Waals surface area contributed by atoms with Crippen molar-refractivity contribution in [3.05, 3.63) is 103 Å². The van der Waals surface area contributed by atoms with E-state index in [1.807, 2.05) is 12.2 Å². The van der Waals surface area contributed by atoms with Gasteiger partial charge in [0.2, 0.25) is 17.7 Å². The van der Waals surface area contributed by atoms with Crippen molar-refractivity contribution in [2.75, 3.05) is 26.0 Å². The summed E-state index contributed by atoms with van der Waals surface area (Å²) in [6.07, 6.45) is 32.0. The van der Waals surface area contributed by atoms with Crippen molar-refractivity contribution in [3.63, 3.8) is 0 Å². The van der Waals surface area contributed by atoms with Gasteiger partial charge >= 0.3 is 5.97 Å². The molecule has 2 atom stereocenters. The molecule has 1 unspecified atom stereocenters. The summed E-state index contributed by atoms with van der Waals surface area (Å²) in [5.41, 5.74) is -0.0101. The highest BCUT2D eigenvalue weighted by atomic mass is 32.2. The number of esters is 1. The van der Waals surface area contributed by atoms with Crippen molar-refractivity contribution in [3.8, 4) is 5.75 Å². The number of benzene rings is 1. The number of thioether (sulfide) groups is 1. The molecule has 0 aromatic heterocycles. The number of ether oxygens (including phenoxy) is 1. The Hall–Kier alpha value is -4.64. The van der Waals surface area contributed by atoms with Gasteiger partial charge in [0.15, 0.2) is 0 Å². The molecule has 0 spiro atoms. The summed E-state index contributed by atoms with van der Waals surface area (Å²) in [4.78, 5) is 63.7. The number of hydrogen-bond donors (Lipinski definition) is 3. The van der Waals surface area contributed by atoms with E-state index in [0.717, 1.165) is 55.2 Å². The van der Waals surface area contributed by atoms with Crippen LogP contribution in [0.15, 0.2) is 97.2 Å². The minimum atomic E-state index is -1.10. The van der Waals surface area contributed by atoms with Crippen LogP contribution in [0.25, 0.3) is 0 Å². The molecule has 0 aliphatic carbocycles. The Balaban J connectivity index is 1.60. The number of para-hydroxylation sites is 1. The molecule has 0 saturated carbocycles. The van der Waals surface area contributed by atoms with Crippen LogP contribution in [0, 0.1) is 0 Å². The summed E-state index contributed by atoms with van der Waals surface area (Å²) in [6, 6.07) is 4.79. The molecule has 1 aromatic carbocycles. The van der Waals surface area contributed by atoms with Crippen LogP contribution in [0.2, 0.25) is 0 Å². The minimum Gasteiger partial charge on any atom is -0.507 e. The Bertz CT molecular complexity index is 1430. The Morgan fingerprint density at radius 2 is 1.46 bits per heavy atom. The maximum Gasteiger partial charge on any atom is 0.329 e. The van der Waals surface area contributed by atoms with Crippen LogP contribution in [0.4, 0.5) is 0 Å². The summed E-state index contributed by atoms with van der Waals surface area (Å²) in [5, 5.41) is 14.5. The van der Waals surface area contributed by atoms with E-state index in [1.54, 1.807) is 12.1 Å². The lowest BCUT2D eigenvalue weighted by atomic mass is 10.2. The van der Waals surface area contributed by atoms with Gasteiger partial charge in [-0.2, -0.15) is 0 Å². The maximum atomic E-state index is 12.9. The highest BCUT2D eigenvalue weighted by Crippen LogP contribution is 2.26. The SMILES string of the molecule is CC/C=C\C/C=C\C/C=C\C/C=C\C/C=C\C/C=C\CCC(=O)NCCN1C(=O)CC(SC[C@H](NC(=O)c2ccccc2O)C(=O)OC)C1=O. The summed E-state index contributed by atoms with van der Waals surface area (Å²) in [6.45, 7) is 2.32. The van der Waals surface area contributed by atoms with E-state index in [9.17, 15) is 29.1 Å². The molecular weight excluding hydrogens is 655 g/mol. The van der Waals surface area contributed by atoms with E-state index in [1.165, 1.54) is 19.2 Å². The molecule has 1 aliphatic heterocycles. The van der Waals surface area contributed by atoms with Crippen LogP contribution >= 0.6 is 11.8 Å². The number of allylic oxidation sites excluding steroid dienone is 12. The Kier molecular flexibility index (Phi) is 21.1. The number of aromatic hydroxyl groups is 1. The van der Waals surface area contributed by atoms with Crippen molar-refractivity contribution in [1.82, 2.24) is 15.5 Å². The number of carbonyl (C=O) groups excluding carboxylic acids is 5. The standard InChI is InChI=1S/C39H51N3O7S/c1-3-4-5-6-7-8-9-10-11-12-13-14-15-16-17-18-19-20-21-26-35(44)40-27-28-42-36(45)29-34(38(42)47)50-30-32(39(48)49-2)41-37(46)31-24-22-23-25-33(31)43/h4-5,7-8,10-11,13-14,16-17,19-20,22-25,32,34,43H,3,6,9,12,15,18,21,26-30H2,1-2H3,(H,40,44)(H,41,46)/b5-4-,8-7-,11-10-,14-13-,17-16-,20-19-/t32-,34?/m0/s1. The van der Waals surface area contributed by atoms with Gasteiger partial charge in [0, 0.05) is 31.7 Å². The number of rotatable bonds is 23. The lowest BCUT2D eigenvalue weighted by molar-refractivity contribution is -0.142. The van der Waals surface area contributed by atoms with E-state index in [4.69, 9.17) is 4.74 Å². The first-order valence-electron chi connectivity index (χ1n) is 17.1. The molecule has 1 fully saturated rings. The predicted octanol–water partition coefficient (Wildman–Crippen LogP) is 6.12. The fourth-order valence-corrected chi connectivity index (χ4v) is 5.87. The molecular formula is C39H51N3O7S. The van der Waals surface area contributed by atoms with Gasteiger partial charge < -0.3 is 20.5 Å². The van der Waals surface area contributed by atoms with Crippen LogP contribution in [-0.2, 0) is 23.9 Å². The lowest BCUT2D eigenvalue weighted by Gasteiger charge is -2.18. The largest absolute Gasteiger partial charge is 0.507 e. The number of carbonyl (C=O) groups is 5. The second-order valence-corrected chi connectivity index (χ2v) is 12.5. The van der Waals surface area contributed by atoms with Gasteiger partial charge in [-0.15, -0.1) is 11.8 Å². The zero-order chi connectivity index (χ0) is 36.4. The third-order valence-electron chi connectivity index (χ3n) is 7.40. The lowest BCUT2D eigenvalue weighted by Crippen LogP contribution is -2.44. The maximum absolute atomic E-state index is 12.9. The van der Waals surface area contributed by atoms with Crippen LogP contribution in [0.3, 0.4) is 0 Å².